The molecule has 1 heterocycles. The molecule has 2 N–H and O–H groups in total. The number of para-hydroxylation sites is 1. The first-order valence-electron chi connectivity index (χ1n) is 8.05. The molecule has 0 amide bonds. The van der Waals surface area contributed by atoms with Crippen molar-refractivity contribution in [3.63, 3.8) is 0 Å². The zero-order valence-corrected chi connectivity index (χ0v) is 15.3. The van der Waals surface area contributed by atoms with Crippen molar-refractivity contribution in [2.75, 3.05) is 11.3 Å². The predicted octanol–water partition coefficient (Wildman–Crippen LogP) is 5.15. The highest BCUT2D eigenvalue weighted by Crippen LogP contribution is 2.43. The molecule has 6 heteroatoms. The van der Waals surface area contributed by atoms with Crippen LogP contribution in [0, 0.1) is 5.92 Å². The Bertz CT molecular complexity index is 778. The van der Waals surface area contributed by atoms with E-state index in [1.54, 1.807) is 11.8 Å². The fourth-order valence-corrected chi connectivity index (χ4v) is 4.22. The first-order chi connectivity index (χ1) is 12.1. The van der Waals surface area contributed by atoms with Gasteiger partial charge in [-0.05, 0) is 30.7 Å². The Hall–Kier alpha value is -2.11. The second kappa shape index (κ2) is 7.85. The maximum atomic E-state index is 11.7. The molecule has 1 unspecified atom stereocenters. The summed E-state index contributed by atoms with van der Waals surface area (Å²) in [5.41, 5.74) is 6.19. The van der Waals surface area contributed by atoms with Crippen LogP contribution in [0.25, 0.3) is 5.70 Å². The zero-order chi connectivity index (χ0) is 17.8. The number of anilines is 1. The van der Waals surface area contributed by atoms with Gasteiger partial charge in [-0.25, -0.2) is 0 Å². The topological polar surface area (TPSA) is 52.6 Å². The number of thioether (sulfide) groups is 1. The van der Waals surface area contributed by atoms with Gasteiger partial charge in [0.2, 0.25) is 0 Å². The van der Waals surface area contributed by atoms with Crippen LogP contribution >= 0.6 is 23.4 Å². The second-order valence-corrected chi connectivity index (χ2v) is 7.12. The van der Waals surface area contributed by atoms with Gasteiger partial charge in [0.15, 0.2) is 0 Å². The average molecular weight is 375 g/mol. The number of rotatable bonds is 6. The van der Waals surface area contributed by atoms with Crippen LogP contribution in [0.4, 0.5) is 5.69 Å². The molecule has 0 fully saturated rings. The van der Waals surface area contributed by atoms with Gasteiger partial charge in [0, 0.05) is 15.5 Å². The molecule has 0 bridgehead atoms. The largest absolute Gasteiger partial charge is 0.481 e. The summed E-state index contributed by atoms with van der Waals surface area (Å²) in [6.07, 6.45) is 0.550. The van der Waals surface area contributed by atoms with E-state index in [-0.39, 0.29) is 0 Å². The van der Waals surface area contributed by atoms with Gasteiger partial charge in [0.25, 0.3) is 0 Å². The smallest absolute Gasteiger partial charge is 0.311 e. The van der Waals surface area contributed by atoms with E-state index in [0.29, 0.717) is 17.3 Å². The Morgan fingerprint density at radius 3 is 2.52 bits per heavy atom. The van der Waals surface area contributed by atoms with Crippen molar-refractivity contribution in [1.82, 2.24) is 5.01 Å². The third kappa shape index (κ3) is 3.94. The molecule has 1 aliphatic heterocycles. The van der Waals surface area contributed by atoms with Gasteiger partial charge in [-0.1, -0.05) is 48.9 Å². The van der Waals surface area contributed by atoms with Gasteiger partial charge >= 0.3 is 5.97 Å². The van der Waals surface area contributed by atoms with Crippen molar-refractivity contribution in [1.29, 1.82) is 0 Å². The molecular weight excluding hydrogens is 356 g/mol. The number of halogens is 1. The molecule has 0 saturated heterocycles. The van der Waals surface area contributed by atoms with Gasteiger partial charge in [0.05, 0.1) is 23.2 Å². The Morgan fingerprint density at radius 1 is 1.24 bits per heavy atom. The summed E-state index contributed by atoms with van der Waals surface area (Å²) in [4.78, 5) is 12.6. The maximum Gasteiger partial charge on any atom is 0.311 e. The Morgan fingerprint density at radius 2 is 1.92 bits per heavy atom. The molecule has 0 aliphatic carbocycles. The van der Waals surface area contributed by atoms with Gasteiger partial charge in [-0.15, -0.1) is 11.8 Å². The van der Waals surface area contributed by atoms with Crippen molar-refractivity contribution in [3.05, 3.63) is 70.1 Å². The summed E-state index contributed by atoms with van der Waals surface area (Å²) in [5.74, 6) is -0.664. The molecule has 130 valence electrons. The van der Waals surface area contributed by atoms with Crippen LogP contribution in [-0.4, -0.2) is 22.0 Å². The fraction of sp³-hybridized carbons (Fsp3) is 0.211. The number of benzene rings is 2. The van der Waals surface area contributed by atoms with Crippen molar-refractivity contribution in [2.24, 2.45) is 5.92 Å². The lowest BCUT2D eigenvalue weighted by Gasteiger charge is -2.24. The highest BCUT2D eigenvalue weighted by molar-refractivity contribution is 8.03. The minimum atomic E-state index is -0.793. The van der Waals surface area contributed by atoms with Crippen LogP contribution in [-0.2, 0) is 4.79 Å². The zero-order valence-electron chi connectivity index (χ0n) is 13.8. The predicted molar refractivity (Wildman–Crippen MR) is 104 cm³/mol. The van der Waals surface area contributed by atoms with Crippen LogP contribution in [0.1, 0.15) is 18.9 Å². The van der Waals surface area contributed by atoms with Crippen molar-refractivity contribution in [3.8, 4) is 0 Å². The SMILES string of the molecule is CCC(C(=O)O)C1=C(c2ccc(Cl)cc2)N(Nc2ccccc2)CS1. The number of hydrogen-bond donors (Lipinski definition) is 2. The summed E-state index contributed by atoms with van der Waals surface area (Å²) in [5, 5.41) is 12.3. The van der Waals surface area contributed by atoms with Gasteiger partial charge in [0.1, 0.15) is 0 Å². The van der Waals surface area contributed by atoms with E-state index in [2.05, 4.69) is 5.43 Å². The third-order valence-electron chi connectivity index (χ3n) is 4.03. The van der Waals surface area contributed by atoms with E-state index in [4.69, 9.17) is 11.6 Å². The summed E-state index contributed by atoms with van der Waals surface area (Å²) < 4.78 is 0. The van der Waals surface area contributed by atoms with E-state index in [9.17, 15) is 9.90 Å². The highest BCUT2D eigenvalue weighted by Gasteiger charge is 2.32. The number of nitrogens with one attached hydrogen (secondary N) is 1. The maximum absolute atomic E-state index is 11.7. The van der Waals surface area contributed by atoms with E-state index in [1.165, 1.54) is 0 Å². The highest BCUT2D eigenvalue weighted by atomic mass is 35.5. The number of carboxylic acid groups (broad SMARTS) is 1. The molecule has 0 spiro atoms. The Kier molecular flexibility index (Phi) is 5.56. The number of carboxylic acids is 1. The molecule has 25 heavy (non-hydrogen) atoms. The second-order valence-electron chi connectivity index (χ2n) is 5.70. The number of aliphatic carboxylic acids is 1. The molecule has 1 atom stereocenters. The average Bonchev–Trinajstić information content (AvgIpc) is 3.00. The van der Waals surface area contributed by atoms with Crippen LogP contribution in [0.15, 0.2) is 59.5 Å². The quantitative estimate of drug-likeness (QED) is 0.732. The van der Waals surface area contributed by atoms with E-state index < -0.39 is 11.9 Å². The summed E-state index contributed by atoms with van der Waals surface area (Å²) in [6.45, 7) is 1.90. The number of nitrogens with zero attached hydrogens (tertiary/aromatic N) is 1. The van der Waals surface area contributed by atoms with Gasteiger partial charge in [-0.3, -0.25) is 15.2 Å². The molecular formula is C19H19ClN2O2S. The van der Waals surface area contributed by atoms with E-state index in [1.807, 2.05) is 66.5 Å². The normalized spacial score (nSPS) is 15.4. The van der Waals surface area contributed by atoms with Crippen LogP contribution in [0.2, 0.25) is 5.02 Å². The lowest BCUT2D eigenvalue weighted by Crippen LogP contribution is -2.25. The van der Waals surface area contributed by atoms with Crippen LogP contribution in [0.3, 0.4) is 0 Å². The summed E-state index contributed by atoms with van der Waals surface area (Å²) in [7, 11) is 0. The van der Waals surface area contributed by atoms with Gasteiger partial charge < -0.3 is 5.11 Å². The number of carbonyl (C=O) groups is 1. The Balaban J connectivity index is 2.02. The van der Waals surface area contributed by atoms with Crippen LogP contribution in [0.5, 0.6) is 0 Å². The molecule has 3 rings (SSSR count). The fourth-order valence-electron chi connectivity index (χ4n) is 2.80. The Labute approximate surface area is 156 Å². The van der Waals surface area contributed by atoms with Gasteiger partial charge in [-0.2, -0.15) is 0 Å². The lowest BCUT2D eigenvalue weighted by molar-refractivity contribution is -0.140. The summed E-state index contributed by atoms with van der Waals surface area (Å²) in [6, 6.07) is 17.4. The van der Waals surface area contributed by atoms with Crippen molar-refractivity contribution < 1.29 is 9.90 Å². The molecule has 2 aromatic rings. The standard InChI is InChI=1S/C19H19ClN2O2S/c1-2-16(19(23)24)18-17(13-8-10-14(20)11-9-13)22(12-25-18)21-15-6-4-3-5-7-15/h3-11,16,21H,2,12H2,1H3,(H,23,24). The third-order valence-corrected chi connectivity index (χ3v) is 5.46. The number of hydrogen-bond acceptors (Lipinski definition) is 4. The molecule has 4 nitrogen and oxygen atoms in total. The minimum Gasteiger partial charge on any atom is -0.481 e. The first kappa shape index (κ1) is 17.7. The lowest BCUT2D eigenvalue weighted by atomic mass is 10.0. The van der Waals surface area contributed by atoms with Crippen LogP contribution < -0.4 is 5.43 Å². The van der Waals surface area contributed by atoms with Crippen molar-refractivity contribution >= 4 is 40.7 Å². The molecule has 0 radical (unpaired) electrons. The molecule has 2 aromatic carbocycles. The monoisotopic (exact) mass is 374 g/mol. The van der Waals surface area contributed by atoms with E-state index in [0.717, 1.165) is 21.9 Å². The molecule has 0 aromatic heterocycles. The number of hydrazine groups is 1. The molecule has 0 saturated carbocycles. The first-order valence-corrected chi connectivity index (χ1v) is 9.41. The summed E-state index contributed by atoms with van der Waals surface area (Å²) >= 11 is 7.58. The minimum absolute atomic E-state index is 0.516. The van der Waals surface area contributed by atoms with Crippen molar-refractivity contribution in [2.45, 2.75) is 13.3 Å². The van der Waals surface area contributed by atoms with E-state index >= 15 is 0 Å². The molecule has 1 aliphatic rings.